The third-order valence-corrected chi connectivity index (χ3v) is 2.31. The second kappa shape index (κ2) is 5.66. The number of nitrogens with zero attached hydrogens (tertiary/aromatic N) is 2. The maximum absolute atomic E-state index is 11.3. The summed E-state index contributed by atoms with van der Waals surface area (Å²) in [5.74, 6) is -0.234. The molecule has 1 aromatic heterocycles. The second-order valence-electron chi connectivity index (χ2n) is 2.90. The molecule has 1 amide bonds. The van der Waals surface area contributed by atoms with Crippen LogP contribution in [0.5, 0.6) is 0 Å². The predicted molar refractivity (Wildman–Crippen MR) is 53.2 cm³/mol. The van der Waals surface area contributed by atoms with E-state index < -0.39 is 0 Å². The van der Waals surface area contributed by atoms with Gasteiger partial charge in [-0.1, -0.05) is 6.92 Å². The largest absolute Gasteiger partial charge is 0.393 e. The summed E-state index contributed by atoms with van der Waals surface area (Å²) in [4.78, 5) is 11.3. The number of rotatable bonds is 5. The lowest BCUT2D eigenvalue weighted by Crippen LogP contribution is -2.27. The Kier molecular flexibility index (Phi) is 4.48. The molecular formula is C8H13N3O2S. The molecule has 0 aromatic carbocycles. The fraction of sp³-hybridized carbons (Fsp3) is 0.625. The van der Waals surface area contributed by atoms with Crippen LogP contribution in [0.4, 0.5) is 0 Å². The lowest BCUT2D eigenvalue weighted by Gasteiger charge is -2.07. The number of nitrogens with one attached hydrogen (secondary N) is 1. The average molecular weight is 215 g/mol. The topological polar surface area (TPSA) is 75.1 Å². The van der Waals surface area contributed by atoms with Gasteiger partial charge < -0.3 is 10.4 Å². The van der Waals surface area contributed by atoms with E-state index in [1.807, 2.05) is 6.92 Å². The lowest BCUT2D eigenvalue weighted by atomic mass is 10.2. The molecule has 1 aromatic rings. The Balaban J connectivity index is 2.23. The minimum atomic E-state index is -0.344. The highest BCUT2D eigenvalue weighted by molar-refractivity contribution is 6.99. The quantitative estimate of drug-likeness (QED) is 0.747. The Morgan fingerprint density at radius 3 is 3.14 bits per heavy atom. The number of aromatic nitrogens is 2. The third-order valence-electron chi connectivity index (χ3n) is 1.83. The zero-order valence-corrected chi connectivity index (χ0v) is 8.75. The summed E-state index contributed by atoms with van der Waals surface area (Å²) in [6.45, 7) is 2.36. The van der Waals surface area contributed by atoms with E-state index in [2.05, 4.69) is 14.1 Å². The Hall–Kier alpha value is -1.01. The molecule has 0 radical (unpaired) electrons. The van der Waals surface area contributed by atoms with Crippen LogP contribution in [-0.2, 0) is 0 Å². The molecule has 2 N–H and O–H groups in total. The first-order chi connectivity index (χ1) is 6.74. The summed E-state index contributed by atoms with van der Waals surface area (Å²) in [6.07, 6.45) is 2.35. The summed E-state index contributed by atoms with van der Waals surface area (Å²) in [6, 6.07) is 0. The van der Waals surface area contributed by atoms with Gasteiger partial charge in [0.2, 0.25) is 0 Å². The minimum absolute atomic E-state index is 0.234. The first kappa shape index (κ1) is 11.1. The number of hydrogen-bond donors (Lipinski definition) is 2. The smallest absolute Gasteiger partial charge is 0.272 e. The van der Waals surface area contributed by atoms with Gasteiger partial charge in [0, 0.05) is 6.54 Å². The van der Waals surface area contributed by atoms with Crippen LogP contribution >= 0.6 is 11.7 Å². The molecule has 0 spiro atoms. The van der Waals surface area contributed by atoms with Gasteiger partial charge in [0.15, 0.2) is 5.69 Å². The van der Waals surface area contributed by atoms with Gasteiger partial charge in [0.1, 0.15) is 0 Å². The first-order valence-electron chi connectivity index (χ1n) is 4.48. The van der Waals surface area contributed by atoms with Crippen LogP contribution in [-0.4, -0.2) is 32.4 Å². The van der Waals surface area contributed by atoms with E-state index in [1.165, 1.54) is 6.20 Å². The fourth-order valence-electron chi connectivity index (χ4n) is 0.912. The molecule has 78 valence electrons. The Labute approximate surface area is 86.5 Å². The van der Waals surface area contributed by atoms with Crippen molar-refractivity contribution >= 4 is 17.6 Å². The highest BCUT2D eigenvalue weighted by Crippen LogP contribution is 1.97. The van der Waals surface area contributed by atoms with E-state index in [0.29, 0.717) is 25.1 Å². The van der Waals surface area contributed by atoms with Gasteiger partial charge >= 0.3 is 0 Å². The van der Waals surface area contributed by atoms with Crippen molar-refractivity contribution in [3.8, 4) is 0 Å². The molecule has 0 saturated heterocycles. The van der Waals surface area contributed by atoms with Crippen molar-refractivity contribution in [3.05, 3.63) is 11.9 Å². The van der Waals surface area contributed by atoms with Crippen molar-refractivity contribution in [2.45, 2.75) is 25.9 Å². The molecule has 0 aliphatic carbocycles. The van der Waals surface area contributed by atoms with E-state index in [4.69, 9.17) is 0 Å². The zero-order valence-electron chi connectivity index (χ0n) is 7.93. The normalized spacial score (nSPS) is 12.4. The Morgan fingerprint density at radius 1 is 1.79 bits per heavy atom. The van der Waals surface area contributed by atoms with Gasteiger partial charge in [-0.15, -0.1) is 0 Å². The van der Waals surface area contributed by atoms with Crippen molar-refractivity contribution in [2.24, 2.45) is 0 Å². The monoisotopic (exact) mass is 215 g/mol. The minimum Gasteiger partial charge on any atom is -0.393 e. The van der Waals surface area contributed by atoms with Gasteiger partial charge in [-0.05, 0) is 12.8 Å². The standard InChI is InChI=1S/C8H13N3O2S/c1-2-6(12)3-4-9-8(13)7-5-10-14-11-7/h5-6,12H,2-4H2,1H3,(H,9,13). The van der Waals surface area contributed by atoms with E-state index in [9.17, 15) is 9.90 Å². The van der Waals surface area contributed by atoms with Crippen LogP contribution in [0, 0.1) is 0 Å². The van der Waals surface area contributed by atoms with E-state index in [1.54, 1.807) is 0 Å². The highest BCUT2D eigenvalue weighted by atomic mass is 32.1. The van der Waals surface area contributed by atoms with E-state index in [0.717, 1.165) is 11.7 Å². The summed E-state index contributed by atoms with van der Waals surface area (Å²) < 4.78 is 7.51. The molecule has 0 fully saturated rings. The number of carbonyl (C=O) groups is 1. The molecular weight excluding hydrogens is 202 g/mol. The Morgan fingerprint density at radius 2 is 2.57 bits per heavy atom. The molecule has 0 bridgehead atoms. The number of carbonyl (C=O) groups excluding carboxylic acids is 1. The number of aliphatic hydroxyl groups is 1. The average Bonchev–Trinajstić information content (AvgIpc) is 2.70. The van der Waals surface area contributed by atoms with E-state index in [-0.39, 0.29) is 12.0 Å². The zero-order chi connectivity index (χ0) is 10.4. The first-order valence-corrected chi connectivity index (χ1v) is 5.21. The fourth-order valence-corrected chi connectivity index (χ4v) is 1.32. The van der Waals surface area contributed by atoms with Gasteiger partial charge in [-0.3, -0.25) is 4.79 Å². The summed E-state index contributed by atoms with van der Waals surface area (Å²) >= 11 is 1.00. The van der Waals surface area contributed by atoms with Crippen LogP contribution < -0.4 is 5.32 Å². The molecule has 6 heteroatoms. The summed E-state index contributed by atoms with van der Waals surface area (Å²) in [7, 11) is 0. The lowest BCUT2D eigenvalue weighted by molar-refractivity contribution is 0.0938. The highest BCUT2D eigenvalue weighted by Gasteiger charge is 2.08. The van der Waals surface area contributed by atoms with Crippen molar-refractivity contribution < 1.29 is 9.90 Å². The van der Waals surface area contributed by atoms with Crippen LogP contribution in [0.15, 0.2) is 6.20 Å². The molecule has 5 nitrogen and oxygen atoms in total. The summed E-state index contributed by atoms with van der Waals surface area (Å²) in [5, 5.41) is 11.9. The third kappa shape index (κ3) is 3.39. The molecule has 14 heavy (non-hydrogen) atoms. The van der Waals surface area contributed by atoms with Gasteiger partial charge in [-0.2, -0.15) is 8.75 Å². The molecule has 1 atom stereocenters. The van der Waals surface area contributed by atoms with Crippen molar-refractivity contribution in [3.63, 3.8) is 0 Å². The van der Waals surface area contributed by atoms with Crippen LogP contribution in [0.1, 0.15) is 30.3 Å². The molecule has 0 aliphatic heterocycles. The van der Waals surface area contributed by atoms with Crippen molar-refractivity contribution in [1.29, 1.82) is 0 Å². The van der Waals surface area contributed by atoms with Crippen LogP contribution in [0.25, 0.3) is 0 Å². The van der Waals surface area contributed by atoms with Gasteiger partial charge in [0.25, 0.3) is 5.91 Å². The van der Waals surface area contributed by atoms with Gasteiger partial charge in [0.05, 0.1) is 24.0 Å². The molecule has 1 heterocycles. The van der Waals surface area contributed by atoms with Crippen molar-refractivity contribution in [2.75, 3.05) is 6.54 Å². The predicted octanol–water partition coefficient (Wildman–Crippen LogP) is 0.429. The van der Waals surface area contributed by atoms with Crippen molar-refractivity contribution in [1.82, 2.24) is 14.1 Å². The van der Waals surface area contributed by atoms with Crippen LogP contribution in [0.2, 0.25) is 0 Å². The van der Waals surface area contributed by atoms with Gasteiger partial charge in [-0.25, -0.2) is 0 Å². The number of amides is 1. The molecule has 1 rings (SSSR count). The molecule has 0 aliphatic rings. The summed E-state index contributed by atoms with van der Waals surface area (Å²) in [5.41, 5.74) is 0.334. The maximum Gasteiger partial charge on any atom is 0.272 e. The number of hydrogen-bond acceptors (Lipinski definition) is 5. The second-order valence-corrected chi connectivity index (χ2v) is 3.46. The Bertz CT molecular complexity index is 276. The SMILES string of the molecule is CCC(O)CCNC(=O)c1cnsn1. The maximum atomic E-state index is 11.3. The number of aliphatic hydroxyl groups excluding tert-OH is 1. The molecule has 0 saturated carbocycles. The molecule has 1 unspecified atom stereocenters. The van der Waals surface area contributed by atoms with Crippen LogP contribution in [0.3, 0.4) is 0 Å². The van der Waals surface area contributed by atoms with E-state index >= 15 is 0 Å².